The first kappa shape index (κ1) is 21.8. The summed E-state index contributed by atoms with van der Waals surface area (Å²) in [6.45, 7) is 0. The molecule has 2 aromatic rings. The Balaban J connectivity index is 1.63. The molecule has 1 atom stereocenters. The van der Waals surface area contributed by atoms with E-state index in [0.717, 1.165) is 61.6 Å². The highest BCUT2D eigenvalue weighted by atomic mass is 19.1. The maximum Gasteiger partial charge on any atom is 0.306 e. The van der Waals surface area contributed by atoms with Crippen LogP contribution < -0.4 is 0 Å². The number of benzene rings is 2. The predicted octanol–water partition coefficient (Wildman–Crippen LogP) is 7.42. The molecule has 3 aliphatic rings. The van der Waals surface area contributed by atoms with Crippen LogP contribution in [0.1, 0.15) is 62.5 Å². The van der Waals surface area contributed by atoms with Crippen LogP contribution in [-0.2, 0) is 9.53 Å². The van der Waals surface area contributed by atoms with Gasteiger partial charge in [0.05, 0.1) is 0 Å². The molecular weight excluding hydrogens is 418 g/mol. The van der Waals surface area contributed by atoms with E-state index in [9.17, 15) is 13.6 Å². The first-order valence-corrected chi connectivity index (χ1v) is 11.9. The Hall–Kier alpha value is -3.01. The summed E-state index contributed by atoms with van der Waals surface area (Å²) in [5, 5.41) is 0. The first-order chi connectivity index (χ1) is 16.0. The van der Waals surface area contributed by atoms with Gasteiger partial charge < -0.3 is 4.74 Å². The molecular formula is C29H28F2O2. The predicted molar refractivity (Wildman–Crippen MR) is 126 cm³/mol. The van der Waals surface area contributed by atoms with Crippen LogP contribution in [0.25, 0.3) is 11.1 Å². The summed E-state index contributed by atoms with van der Waals surface area (Å²) in [5.41, 5.74) is 5.43. The number of rotatable bonds is 4. The zero-order valence-electron chi connectivity index (χ0n) is 18.7. The molecule has 1 unspecified atom stereocenters. The zero-order chi connectivity index (χ0) is 22.8. The van der Waals surface area contributed by atoms with E-state index in [1.165, 1.54) is 35.4 Å². The summed E-state index contributed by atoms with van der Waals surface area (Å²) < 4.78 is 32.8. The van der Waals surface area contributed by atoms with Crippen LogP contribution in [0.5, 0.6) is 0 Å². The van der Waals surface area contributed by atoms with Crippen molar-refractivity contribution < 1.29 is 18.3 Å². The Morgan fingerprint density at radius 1 is 0.879 bits per heavy atom. The number of allylic oxidation sites excluding steroid dienone is 5. The fourth-order valence-electron chi connectivity index (χ4n) is 5.60. The largest absolute Gasteiger partial charge is 0.458 e. The summed E-state index contributed by atoms with van der Waals surface area (Å²) in [6.07, 6.45) is 13.7. The molecule has 170 valence electrons. The van der Waals surface area contributed by atoms with E-state index < -0.39 is 0 Å². The molecule has 0 radical (unpaired) electrons. The van der Waals surface area contributed by atoms with E-state index in [-0.39, 0.29) is 29.1 Å². The highest BCUT2D eigenvalue weighted by molar-refractivity contribution is 5.90. The molecule has 2 fully saturated rings. The molecule has 0 bridgehead atoms. The van der Waals surface area contributed by atoms with Gasteiger partial charge in [-0.2, -0.15) is 0 Å². The maximum absolute atomic E-state index is 13.7. The van der Waals surface area contributed by atoms with Crippen LogP contribution in [-0.4, -0.2) is 12.1 Å². The number of carbonyl (C=O) groups excluding carboxylic acids is 1. The van der Waals surface area contributed by atoms with Crippen molar-refractivity contribution in [2.24, 2.45) is 5.41 Å². The summed E-state index contributed by atoms with van der Waals surface area (Å²) in [7, 11) is 0. The fraction of sp³-hybridized carbons (Fsp3) is 0.345. The second kappa shape index (κ2) is 9.09. The highest BCUT2D eigenvalue weighted by Crippen LogP contribution is 2.55. The minimum Gasteiger partial charge on any atom is -0.458 e. The topological polar surface area (TPSA) is 26.3 Å². The van der Waals surface area contributed by atoms with E-state index in [1.807, 2.05) is 30.3 Å². The number of carbonyl (C=O) groups is 1. The minimum absolute atomic E-state index is 0.0304. The molecule has 0 N–H and O–H groups in total. The molecule has 1 saturated carbocycles. The van der Waals surface area contributed by atoms with Crippen LogP contribution in [0, 0.1) is 17.0 Å². The lowest BCUT2D eigenvalue weighted by Gasteiger charge is -2.37. The second-order valence-corrected chi connectivity index (χ2v) is 9.45. The summed E-state index contributed by atoms with van der Waals surface area (Å²) in [5.74, 6) is -0.647. The third-order valence-corrected chi connectivity index (χ3v) is 7.27. The van der Waals surface area contributed by atoms with Crippen molar-refractivity contribution in [2.45, 2.75) is 57.5 Å². The van der Waals surface area contributed by atoms with Crippen molar-refractivity contribution in [2.75, 3.05) is 0 Å². The van der Waals surface area contributed by atoms with Gasteiger partial charge in [0.1, 0.15) is 17.7 Å². The Morgan fingerprint density at radius 3 is 2.15 bits per heavy atom. The Kier molecular flexibility index (Phi) is 6.01. The molecule has 1 saturated heterocycles. The molecule has 2 nitrogen and oxygen atoms in total. The summed E-state index contributed by atoms with van der Waals surface area (Å²) >= 11 is 0. The number of esters is 1. The van der Waals surface area contributed by atoms with E-state index >= 15 is 0 Å². The molecule has 2 aromatic carbocycles. The lowest BCUT2D eigenvalue weighted by molar-refractivity contribution is -0.150. The van der Waals surface area contributed by atoms with Crippen LogP contribution in [0.2, 0.25) is 0 Å². The molecule has 4 heteroatoms. The first-order valence-electron chi connectivity index (χ1n) is 11.9. The van der Waals surface area contributed by atoms with E-state index in [1.54, 1.807) is 0 Å². The summed E-state index contributed by atoms with van der Waals surface area (Å²) in [4.78, 5) is 11.8. The van der Waals surface area contributed by atoms with Crippen LogP contribution in [0.3, 0.4) is 0 Å². The zero-order valence-corrected chi connectivity index (χ0v) is 18.7. The number of cyclic esters (lactones) is 1. The standard InChI is InChI=1S/C29H28F2O2/c30-23-10-6-20(7-11-23)22-18-26(21-8-12-24(31)13-9-21)27(29(19-22)16-1-2-17-29)15-14-25-4-3-5-28(32)33-25/h6-15,18,25H,1-5,16-17,19H2/b15-14+. The fourth-order valence-corrected chi connectivity index (χ4v) is 5.60. The van der Waals surface area contributed by atoms with Gasteiger partial charge in [0.15, 0.2) is 0 Å². The molecule has 2 aliphatic carbocycles. The minimum atomic E-state index is -0.264. The van der Waals surface area contributed by atoms with Gasteiger partial charge in [0.2, 0.25) is 0 Å². The lowest BCUT2D eigenvalue weighted by Crippen LogP contribution is -2.25. The van der Waals surface area contributed by atoms with Gasteiger partial charge in [-0.25, -0.2) is 8.78 Å². The van der Waals surface area contributed by atoms with Gasteiger partial charge in [-0.3, -0.25) is 4.79 Å². The number of hydrogen-bond donors (Lipinski definition) is 0. The second-order valence-electron chi connectivity index (χ2n) is 9.45. The molecule has 0 aromatic heterocycles. The number of ether oxygens (including phenoxy) is 1. The Labute approximate surface area is 193 Å². The van der Waals surface area contributed by atoms with E-state index in [2.05, 4.69) is 12.2 Å². The van der Waals surface area contributed by atoms with Gasteiger partial charge in [0.25, 0.3) is 0 Å². The number of halogens is 2. The molecule has 0 amide bonds. The smallest absolute Gasteiger partial charge is 0.306 e. The molecule has 1 spiro atoms. The average molecular weight is 447 g/mol. The van der Waals surface area contributed by atoms with Gasteiger partial charge in [-0.1, -0.05) is 49.3 Å². The van der Waals surface area contributed by atoms with Crippen molar-refractivity contribution in [3.8, 4) is 0 Å². The average Bonchev–Trinajstić information content (AvgIpc) is 3.27. The van der Waals surface area contributed by atoms with E-state index in [4.69, 9.17) is 4.74 Å². The van der Waals surface area contributed by atoms with Crippen LogP contribution in [0.15, 0.2) is 72.3 Å². The monoisotopic (exact) mass is 446 g/mol. The van der Waals surface area contributed by atoms with Crippen molar-refractivity contribution in [3.05, 3.63) is 95.1 Å². The Morgan fingerprint density at radius 2 is 1.52 bits per heavy atom. The van der Waals surface area contributed by atoms with Crippen molar-refractivity contribution >= 4 is 17.1 Å². The van der Waals surface area contributed by atoms with Crippen molar-refractivity contribution in [3.63, 3.8) is 0 Å². The third kappa shape index (κ3) is 4.57. The maximum atomic E-state index is 13.7. The van der Waals surface area contributed by atoms with Crippen molar-refractivity contribution in [1.29, 1.82) is 0 Å². The van der Waals surface area contributed by atoms with Gasteiger partial charge in [0, 0.05) is 6.42 Å². The van der Waals surface area contributed by atoms with Gasteiger partial charge in [-0.05, 0) is 95.7 Å². The third-order valence-electron chi connectivity index (χ3n) is 7.27. The van der Waals surface area contributed by atoms with Crippen LogP contribution >= 0.6 is 0 Å². The quantitative estimate of drug-likeness (QED) is 0.457. The normalized spacial score (nSPS) is 22.7. The van der Waals surface area contributed by atoms with Crippen molar-refractivity contribution in [1.82, 2.24) is 0 Å². The Bertz CT molecular complexity index is 1120. The lowest BCUT2D eigenvalue weighted by atomic mass is 9.66. The molecule has 1 aliphatic heterocycles. The van der Waals surface area contributed by atoms with Gasteiger partial charge in [-0.15, -0.1) is 0 Å². The molecule has 5 rings (SSSR count). The summed E-state index contributed by atoms with van der Waals surface area (Å²) in [6, 6.07) is 13.3. The SMILES string of the molecule is O=C1CCCC(/C=C/C2=C(c3ccc(F)cc3)C=C(c3ccc(F)cc3)CC23CCCC3)O1. The van der Waals surface area contributed by atoms with Crippen LogP contribution in [0.4, 0.5) is 8.78 Å². The van der Waals surface area contributed by atoms with Gasteiger partial charge >= 0.3 is 5.97 Å². The number of hydrogen-bond acceptors (Lipinski definition) is 2. The molecule has 1 heterocycles. The molecule has 33 heavy (non-hydrogen) atoms. The van der Waals surface area contributed by atoms with E-state index in [0.29, 0.717) is 6.42 Å². The highest BCUT2D eigenvalue weighted by Gasteiger charge is 2.41.